The molecule has 0 saturated carbocycles. The van der Waals surface area contributed by atoms with Crippen LogP contribution in [0.5, 0.6) is 11.5 Å². The normalized spacial score (nSPS) is 15.4. The van der Waals surface area contributed by atoms with Crippen LogP contribution in [-0.2, 0) is 14.6 Å². The van der Waals surface area contributed by atoms with E-state index >= 15 is 4.39 Å². The second-order valence-electron chi connectivity index (χ2n) is 10.7. The Morgan fingerprint density at radius 2 is 1.73 bits per heavy atom. The van der Waals surface area contributed by atoms with Crippen LogP contribution in [0.15, 0.2) is 59.5 Å². The number of benzene rings is 3. The fourth-order valence-corrected chi connectivity index (χ4v) is 6.60. The number of nitrogens with zero attached hydrogens (tertiary/aromatic N) is 1. The Labute approximate surface area is 260 Å². The summed E-state index contributed by atoms with van der Waals surface area (Å²) in [4.78, 5) is 39.2. The molecule has 1 saturated heterocycles. The fourth-order valence-electron chi connectivity index (χ4n) is 5.31. The van der Waals surface area contributed by atoms with Crippen molar-refractivity contribution in [1.82, 2.24) is 4.90 Å². The van der Waals surface area contributed by atoms with Gasteiger partial charge in [0.2, 0.25) is 11.8 Å². The van der Waals surface area contributed by atoms with Gasteiger partial charge >= 0.3 is 6.09 Å². The first-order valence-corrected chi connectivity index (χ1v) is 15.6. The van der Waals surface area contributed by atoms with Gasteiger partial charge in [-0.1, -0.05) is 6.07 Å². The number of nitrogens with one attached hydrogen (secondary N) is 2. The Morgan fingerprint density at radius 3 is 2.36 bits per heavy atom. The van der Waals surface area contributed by atoms with Crippen molar-refractivity contribution in [3.05, 3.63) is 77.1 Å². The molecular weight excluding hydrogens is 607 g/mol. The Hall–Kier alpha value is -4.85. The molecule has 0 unspecified atom stereocenters. The number of carbonyl (C=O) groups excluding carboxylic acids is 2. The maximum Gasteiger partial charge on any atom is 0.409 e. The van der Waals surface area contributed by atoms with Crippen LogP contribution in [0.25, 0.3) is 0 Å². The number of rotatable bonds is 11. The first-order chi connectivity index (χ1) is 21.3. The molecule has 12 nitrogen and oxygen atoms in total. The van der Waals surface area contributed by atoms with E-state index in [-0.39, 0.29) is 33.9 Å². The van der Waals surface area contributed by atoms with Crippen molar-refractivity contribution in [3.8, 4) is 11.5 Å². The second kappa shape index (κ2) is 13.4. The van der Waals surface area contributed by atoms with Crippen LogP contribution < -0.4 is 25.8 Å². The van der Waals surface area contributed by atoms with E-state index < -0.39 is 50.9 Å². The van der Waals surface area contributed by atoms with Crippen molar-refractivity contribution in [1.29, 1.82) is 0 Å². The lowest BCUT2D eigenvalue weighted by atomic mass is 10.00. The van der Waals surface area contributed by atoms with Gasteiger partial charge < -0.3 is 30.5 Å². The number of amides is 3. The van der Waals surface area contributed by atoms with E-state index in [4.69, 9.17) is 15.2 Å². The van der Waals surface area contributed by atoms with E-state index in [1.807, 2.05) is 0 Å². The lowest BCUT2D eigenvalue weighted by Gasteiger charge is -2.32. The van der Waals surface area contributed by atoms with Crippen molar-refractivity contribution < 1.29 is 41.8 Å². The number of halogens is 1. The summed E-state index contributed by atoms with van der Waals surface area (Å²) in [5.41, 5.74) is 6.03. The predicted molar refractivity (Wildman–Crippen MR) is 165 cm³/mol. The van der Waals surface area contributed by atoms with Gasteiger partial charge in [0.1, 0.15) is 11.9 Å². The van der Waals surface area contributed by atoms with Crippen LogP contribution in [0.2, 0.25) is 0 Å². The van der Waals surface area contributed by atoms with Crippen LogP contribution in [-0.4, -0.2) is 62.3 Å². The monoisotopic (exact) mass is 642 g/mol. The minimum atomic E-state index is -3.85. The number of primary amides is 1. The third-order valence-electron chi connectivity index (χ3n) is 7.62. The average Bonchev–Trinajstić information content (AvgIpc) is 3.49. The standard InChI is InChI=1S/C31H35FN4O8S/c1-17(2)45(41,42)27-12-9-20(34-31(39)40)16-21(27)24-6-5-13-36(24)30(38)28(18-8-11-25(43-3)26(15-18)44-4)35-23-14-19(29(33)37)7-10-22(23)32/h7-12,14-17,24,28,34-35H,5-6,13H2,1-4H3,(H2,33,37)(H,39,40)/t24-,28-/m1/s1. The summed E-state index contributed by atoms with van der Waals surface area (Å²) in [5.74, 6) is -1.37. The molecule has 5 N–H and O–H groups in total. The molecule has 2 atom stereocenters. The van der Waals surface area contributed by atoms with Gasteiger partial charge in [-0.3, -0.25) is 14.9 Å². The summed E-state index contributed by atoms with van der Waals surface area (Å²) in [5, 5.41) is 13.7. The van der Waals surface area contributed by atoms with Gasteiger partial charge in [-0.15, -0.1) is 0 Å². The number of nitrogens with two attached hydrogens (primary N) is 1. The summed E-state index contributed by atoms with van der Waals surface area (Å²) in [7, 11) is -0.972. The molecule has 1 fully saturated rings. The zero-order chi connectivity index (χ0) is 33.1. The van der Waals surface area contributed by atoms with E-state index in [0.29, 0.717) is 29.9 Å². The third-order valence-corrected chi connectivity index (χ3v) is 9.85. The number of hydrogen-bond acceptors (Lipinski definition) is 8. The van der Waals surface area contributed by atoms with Gasteiger partial charge in [-0.25, -0.2) is 17.6 Å². The summed E-state index contributed by atoms with van der Waals surface area (Å²) in [6.45, 7) is 3.30. The van der Waals surface area contributed by atoms with Gasteiger partial charge in [-0.05, 0) is 86.3 Å². The van der Waals surface area contributed by atoms with Gasteiger partial charge in [0, 0.05) is 17.8 Å². The van der Waals surface area contributed by atoms with Crippen molar-refractivity contribution in [2.45, 2.75) is 48.9 Å². The number of carboxylic acid groups (broad SMARTS) is 1. The predicted octanol–water partition coefficient (Wildman–Crippen LogP) is 4.73. The SMILES string of the molecule is COc1ccc([C@@H](Nc2cc(C(N)=O)ccc2F)C(=O)N2CCC[C@@H]2c2cc(NC(=O)O)ccc2S(=O)(=O)C(C)C)cc1OC. The highest BCUT2D eigenvalue weighted by Crippen LogP contribution is 2.41. The number of sulfone groups is 1. The molecule has 240 valence electrons. The van der Waals surface area contributed by atoms with Crippen LogP contribution >= 0.6 is 0 Å². The van der Waals surface area contributed by atoms with Crippen molar-refractivity contribution in [3.63, 3.8) is 0 Å². The van der Waals surface area contributed by atoms with Gasteiger partial charge in [0.05, 0.1) is 36.1 Å². The lowest BCUT2D eigenvalue weighted by molar-refractivity contribution is -0.133. The summed E-state index contributed by atoms with van der Waals surface area (Å²) >= 11 is 0. The van der Waals surface area contributed by atoms with Gasteiger partial charge in [0.25, 0.3) is 0 Å². The topological polar surface area (TPSA) is 177 Å². The molecule has 0 aliphatic carbocycles. The van der Waals surface area contributed by atoms with E-state index in [1.165, 1.54) is 63.3 Å². The average molecular weight is 643 g/mol. The molecule has 1 aliphatic heterocycles. The Morgan fingerprint density at radius 1 is 1.02 bits per heavy atom. The molecule has 0 radical (unpaired) electrons. The number of carbonyl (C=O) groups is 3. The Bertz CT molecular complexity index is 1730. The Balaban J connectivity index is 1.85. The van der Waals surface area contributed by atoms with Crippen molar-refractivity contribution >= 4 is 39.1 Å². The number of hydrogen-bond donors (Lipinski definition) is 4. The second-order valence-corrected chi connectivity index (χ2v) is 13.2. The zero-order valence-electron chi connectivity index (χ0n) is 25.2. The van der Waals surface area contributed by atoms with Crippen molar-refractivity contribution in [2.75, 3.05) is 31.4 Å². The van der Waals surface area contributed by atoms with E-state index in [2.05, 4.69) is 10.6 Å². The molecule has 1 heterocycles. The highest BCUT2D eigenvalue weighted by molar-refractivity contribution is 7.92. The molecule has 3 aromatic carbocycles. The quantitative estimate of drug-likeness (QED) is 0.230. The number of ether oxygens (including phenoxy) is 2. The van der Waals surface area contributed by atoms with Gasteiger partial charge in [-0.2, -0.15) is 0 Å². The van der Waals surface area contributed by atoms with E-state index in [1.54, 1.807) is 18.2 Å². The molecule has 0 spiro atoms. The lowest BCUT2D eigenvalue weighted by Crippen LogP contribution is -2.38. The smallest absolute Gasteiger partial charge is 0.409 e. The minimum Gasteiger partial charge on any atom is -0.493 e. The van der Waals surface area contributed by atoms with E-state index in [9.17, 15) is 27.9 Å². The largest absolute Gasteiger partial charge is 0.493 e. The summed E-state index contributed by atoms with van der Waals surface area (Å²) in [6, 6.07) is 10.3. The van der Waals surface area contributed by atoms with Crippen molar-refractivity contribution in [2.24, 2.45) is 5.73 Å². The first kappa shape index (κ1) is 33.1. The maximum atomic E-state index is 15.1. The summed E-state index contributed by atoms with van der Waals surface area (Å²) in [6.07, 6.45) is -0.441. The van der Waals surface area contributed by atoms with Crippen LogP contribution in [0.4, 0.5) is 20.6 Å². The molecular formula is C31H35FN4O8S. The molecule has 4 rings (SSSR count). The minimum absolute atomic E-state index is 0.0164. The molecule has 3 aromatic rings. The molecule has 14 heteroatoms. The van der Waals surface area contributed by atoms with Crippen LogP contribution in [0, 0.1) is 5.82 Å². The zero-order valence-corrected chi connectivity index (χ0v) is 26.0. The Kier molecular flexibility index (Phi) is 9.86. The highest BCUT2D eigenvalue weighted by Gasteiger charge is 2.38. The highest BCUT2D eigenvalue weighted by atomic mass is 32.2. The number of methoxy groups -OCH3 is 2. The fraction of sp³-hybridized carbons (Fsp3) is 0.323. The number of likely N-dealkylation sites (tertiary alicyclic amines) is 1. The van der Waals surface area contributed by atoms with Crippen LogP contribution in [0.3, 0.4) is 0 Å². The van der Waals surface area contributed by atoms with Gasteiger partial charge in [0.15, 0.2) is 21.3 Å². The van der Waals surface area contributed by atoms with Crippen LogP contribution in [0.1, 0.15) is 60.3 Å². The molecule has 3 amide bonds. The molecule has 1 aliphatic rings. The van der Waals surface area contributed by atoms with E-state index in [0.717, 1.165) is 6.07 Å². The molecule has 45 heavy (non-hydrogen) atoms. The molecule has 0 bridgehead atoms. The third kappa shape index (κ3) is 6.95. The maximum absolute atomic E-state index is 15.1. The first-order valence-electron chi connectivity index (χ1n) is 14.0. The summed E-state index contributed by atoms with van der Waals surface area (Å²) < 4.78 is 52.7. The number of anilines is 2. The molecule has 0 aromatic heterocycles.